The first-order valence-electron chi connectivity index (χ1n) is 6.00. The average Bonchev–Trinajstić information content (AvgIpc) is 3.04. The number of aromatic nitrogens is 4. The van der Waals surface area contributed by atoms with Gasteiger partial charge in [0.1, 0.15) is 11.7 Å². The molecule has 0 aromatic carbocycles. The molecule has 3 unspecified atom stereocenters. The van der Waals surface area contributed by atoms with Crippen LogP contribution in [0.1, 0.15) is 12.6 Å². The second-order valence-electron chi connectivity index (χ2n) is 4.25. The molecule has 1 saturated heterocycles. The number of rotatable bonds is 2. The van der Waals surface area contributed by atoms with Gasteiger partial charge in [0.2, 0.25) is 6.08 Å². The Kier molecular flexibility index (Phi) is 6.66. The summed E-state index contributed by atoms with van der Waals surface area (Å²) in [5, 5.41) is 8.97. The molecule has 1 aliphatic heterocycles. The van der Waals surface area contributed by atoms with Crippen molar-refractivity contribution in [2.24, 2.45) is 0 Å². The molecule has 22 heavy (non-hydrogen) atoms. The molecule has 1 radical (unpaired) electrons. The molecule has 0 saturated carbocycles. The van der Waals surface area contributed by atoms with Crippen LogP contribution in [0.5, 0.6) is 0 Å². The maximum absolute atomic E-state index is 13.8. The fourth-order valence-corrected chi connectivity index (χ4v) is 2.14. The summed E-state index contributed by atoms with van der Waals surface area (Å²) in [5.41, 5.74) is 7.55. The van der Waals surface area contributed by atoms with Gasteiger partial charge in [-0.1, -0.05) is 0 Å². The van der Waals surface area contributed by atoms with Crippen LogP contribution >= 0.6 is 0 Å². The van der Waals surface area contributed by atoms with Crippen molar-refractivity contribution in [3.63, 3.8) is 0 Å². The fourth-order valence-electron chi connectivity index (χ4n) is 2.14. The second-order valence-corrected chi connectivity index (χ2v) is 4.25. The van der Waals surface area contributed by atoms with Crippen molar-refractivity contribution in [1.82, 2.24) is 19.5 Å². The monoisotopic (exact) mass is 497 g/mol. The molecule has 2 aromatic heterocycles. The van der Waals surface area contributed by atoms with Gasteiger partial charge >= 0.3 is 0 Å². The first-order valence-corrected chi connectivity index (χ1v) is 6.00. The largest absolute Gasteiger partial charge is 0.480 e. The molecule has 0 aliphatic carbocycles. The van der Waals surface area contributed by atoms with E-state index in [9.17, 15) is 13.2 Å². The Bertz CT molecular complexity index is 629. The van der Waals surface area contributed by atoms with Gasteiger partial charge in [0, 0.05) is 26.5 Å². The Morgan fingerprint density at radius 1 is 1.45 bits per heavy atom. The fraction of sp³-hybridized carbons (Fsp3) is 0.545. The maximum Gasteiger partial charge on any atom is 0.208 e. The van der Waals surface area contributed by atoms with Gasteiger partial charge in [0.05, 0.1) is 26.2 Å². The Labute approximate surface area is 137 Å². The first kappa shape index (κ1) is 18.8. The molecule has 3 heterocycles. The second kappa shape index (κ2) is 7.82. The molecule has 0 amide bonds. The molecule has 3 atom stereocenters. The molecule has 0 bridgehead atoms. The van der Waals surface area contributed by atoms with Gasteiger partial charge in [-0.15, -0.1) is 0 Å². The Morgan fingerprint density at radius 2 is 2.14 bits per heavy atom. The van der Waals surface area contributed by atoms with Crippen LogP contribution in [-0.4, -0.2) is 50.7 Å². The number of alkyl halides is 2. The number of hydrogen-bond donors (Lipinski definition) is 1. The Morgan fingerprint density at radius 3 is 2.73 bits per heavy atom. The molecule has 7 nitrogen and oxygen atoms in total. The summed E-state index contributed by atoms with van der Waals surface area (Å²) in [6.07, 6.45) is -2.81. The van der Waals surface area contributed by atoms with Crippen molar-refractivity contribution in [1.29, 1.82) is 0 Å². The van der Waals surface area contributed by atoms with E-state index in [-0.39, 0.29) is 50.1 Å². The smallest absolute Gasteiger partial charge is 0.208 e. The van der Waals surface area contributed by atoms with Crippen LogP contribution < -0.4 is 0 Å². The third-order valence-corrected chi connectivity index (χ3v) is 3.00. The number of aliphatic hydroxyl groups is 1. The van der Waals surface area contributed by atoms with E-state index in [1.807, 2.05) is 0 Å². The summed E-state index contributed by atoms with van der Waals surface area (Å²) in [6.45, 7) is -0.295. The quantitative estimate of drug-likeness (QED) is 0.641. The zero-order valence-electron chi connectivity index (χ0n) is 11.3. The van der Waals surface area contributed by atoms with Crippen molar-refractivity contribution in [2.45, 2.75) is 24.9 Å². The van der Waals surface area contributed by atoms with E-state index in [1.165, 1.54) is 10.9 Å². The van der Waals surface area contributed by atoms with Gasteiger partial charge in [0.25, 0.3) is 0 Å². The number of hydrogen-bond acceptors (Lipinski definition) is 5. The molecule has 11 heteroatoms. The predicted octanol–water partition coefficient (Wildman–Crippen LogP) is 1.85. The topological polar surface area (TPSA) is 96.9 Å². The van der Waals surface area contributed by atoms with Crippen LogP contribution in [0.3, 0.4) is 0 Å². The minimum absolute atomic E-state index is 0. The van der Waals surface area contributed by atoms with Crippen LogP contribution in [0, 0.1) is 6.08 Å². The molecular weight excluding hydrogens is 483 g/mol. The average molecular weight is 496 g/mol. The molecule has 1 aliphatic rings. The van der Waals surface area contributed by atoms with Crippen LogP contribution in [0.4, 0.5) is 19.0 Å². The Hall–Kier alpha value is -1.29. The van der Waals surface area contributed by atoms with E-state index >= 15 is 0 Å². The predicted molar refractivity (Wildman–Crippen MR) is 66.8 cm³/mol. The van der Waals surface area contributed by atoms with Crippen LogP contribution in [-0.2, 0) is 24.8 Å². The number of nitrogens with zero attached hydrogens (tertiary/aromatic N) is 4. The van der Waals surface area contributed by atoms with E-state index in [4.69, 9.17) is 15.6 Å². The molecule has 3 rings (SSSR count). The van der Waals surface area contributed by atoms with Crippen molar-refractivity contribution in [3.05, 3.63) is 18.1 Å². The zero-order chi connectivity index (χ0) is 15.6. The number of ether oxygens (including phenoxy) is 1. The van der Waals surface area contributed by atoms with Crippen molar-refractivity contribution in [3.8, 4) is 0 Å². The summed E-state index contributed by atoms with van der Waals surface area (Å²) >= 11 is 0. The van der Waals surface area contributed by atoms with E-state index in [0.29, 0.717) is 7.18 Å². The van der Waals surface area contributed by atoms with Crippen LogP contribution in [0.15, 0.2) is 6.33 Å². The number of imidazole rings is 1. The standard InChI is InChI=1S/C10H10F2N5O2.CH3F.Ir/c11-5-1-4(2-18)19-9(5)17-3-14-6-7(13)15-10(12)16-8(6)17;1-2;/h3-5,9,18H,1-2H2,(H-,13,15,16);1H3;/q-1;;. The van der Waals surface area contributed by atoms with Gasteiger partial charge in [-0.2, -0.15) is 4.39 Å². The first-order chi connectivity index (χ1) is 10.1. The maximum atomic E-state index is 13.8. The normalized spacial score (nSPS) is 23.8. The zero-order valence-corrected chi connectivity index (χ0v) is 13.7. The van der Waals surface area contributed by atoms with Crippen LogP contribution in [0.25, 0.3) is 16.9 Å². The van der Waals surface area contributed by atoms with Crippen molar-refractivity contribution < 1.29 is 43.1 Å². The summed E-state index contributed by atoms with van der Waals surface area (Å²) in [4.78, 5) is 10.6. The Balaban J connectivity index is 0.000000775. The molecule has 1 fully saturated rings. The van der Waals surface area contributed by atoms with Crippen molar-refractivity contribution >= 4 is 17.0 Å². The summed E-state index contributed by atoms with van der Waals surface area (Å²) < 4.78 is 43.0. The summed E-state index contributed by atoms with van der Waals surface area (Å²) in [6, 6.07) is 0. The SMILES string of the molecule is CF.[Ir].[NH-]c1nc(F)nc2c1ncn2C1OC(CO)CC1F. The van der Waals surface area contributed by atoms with Gasteiger partial charge in [-0.05, 0) is 5.82 Å². The van der Waals surface area contributed by atoms with E-state index in [2.05, 4.69) is 15.0 Å². The van der Waals surface area contributed by atoms with Crippen molar-refractivity contribution in [2.75, 3.05) is 13.8 Å². The minimum atomic E-state index is -1.36. The third kappa shape index (κ3) is 3.37. The minimum Gasteiger partial charge on any atom is -0.480 e. The van der Waals surface area contributed by atoms with Gasteiger partial charge in [-0.25, -0.2) is 14.4 Å². The van der Waals surface area contributed by atoms with E-state index in [0.717, 1.165) is 0 Å². The summed E-state index contributed by atoms with van der Waals surface area (Å²) in [7, 11) is 0.500. The van der Waals surface area contributed by atoms with E-state index in [1.54, 1.807) is 0 Å². The number of nitrogens with one attached hydrogen (secondary N) is 1. The number of aliphatic hydroxyl groups excluding tert-OH is 1. The van der Waals surface area contributed by atoms with E-state index < -0.39 is 24.6 Å². The number of halogens is 3. The third-order valence-electron chi connectivity index (χ3n) is 3.00. The molecular formula is C11H13F3IrN5O2-. The molecule has 2 aromatic rings. The molecule has 125 valence electrons. The van der Waals surface area contributed by atoms with Gasteiger partial charge < -0.3 is 20.6 Å². The van der Waals surface area contributed by atoms with Crippen LogP contribution in [0.2, 0.25) is 0 Å². The molecule has 2 N–H and O–H groups in total. The number of fused-ring (bicyclic) bond motifs is 1. The van der Waals surface area contributed by atoms with Gasteiger partial charge in [0.15, 0.2) is 11.9 Å². The van der Waals surface area contributed by atoms with Gasteiger partial charge in [-0.3, -0.25) is 8.96 Å². The molecule has 0 spiro atoms. The summed E-state index contributed by atoms with van der Waals surface area (Å²) in [5.74, 6) is -0.367.